The highest BCUT2D eigenvalue weighted by molar-refractivity contribution is 6.23. The molecule has 0 spiro atoms. The second-order valence-corrected chi connectivity index (χ2v) is 18.0. The Hall–Kier alpha value is -7.02. The number of fused-ring (bicyclic) bond motifs is 9. The maximum atomic E-state index is 2.50. The average Bonchev–Trinajstić information content (AvgIpc) is 3.66. The van der Waals surface area contributed by atoms with Crippen LogP contribution in [0.3, 0.4) is 0 Å². The molecule has 0 amide bonds. The highest BCUT2D eigenvalue weighted by Gasteiger charge is 2.37. The molecule has 0 saturated heterocycles. The molecule has 0 heteroatoms. The van der Waals surface area contributed by atoms with Crippen molar-refractivity contribution in [3.8, 4) is 66.8 Å². The molecule has 10 aromatic carbocycles. The molecule has 2 aliphatic carbocycles. The van der Waals surface area contributed by atoms with Crippen LogP contribution in [-0.4, -0.2) is 0 Å². The molecule has 0 bridgehead atoms. The summed E-state index contributed by atoms with van der Waals surface area (Å²) in [6.07, 6.45) is 0. The minimum Gasteiger partial charge on any atom is -0.0619 e. The largest absolute Gasteiger partial charge is 0.0619 e. The zero-order valence-corrected chi connectivity index (χ0v) is 34.5. The first-order chi connectivity index (χ1) is 29.3. The predicted molar refractivity (Wildman–Crippen MR) is 256 cm³/mol. The van der Waals surface area contributed by atoms with Gasteiger partial charge in [0.2, 0.25) is 0 Å². The first-order valence-electron chi connectivity index (χ1n) is 21.3. The molecule has 0 fully saturated rings. The molecule has 0 saturated carbocycles. The zero-order valence-electron chi connectivity index (χ0n) is 34.5. The lowest BCUT2D eigenvalue weighted by Gasteiger charge is -2.24. The minimum absolute atomic E-state index is 0.0760. The van der Waals surface area contributed by atoms with Gasteiger partial charge in [-0.2, -0.15) is 0 Å². The van der Waals surface area contributed by atoms with Crippen molar-refractivity contribution in [3.63, 3.8) is 0 Å². The van der Waals surface area contributed by atoms with Gasteiger partial charge in [0, 0.05) is 10.8 Å². The molecule has 0 radical (unpaired) electrons. The lowest BCUT2D eigenvalue weighted by atomic mass is 9.79. The molecule has 284 valence electrons. The Morgan fingerprint density at radius 1 is 0.250 bits per heavy atom. The Kier molecular flexibility index (Phi) is 7.42. The van der Waals surface area contributed by atoms with E-state index in [9.17, 15) is 0 Å². The summed E-state index contributed by atoms with van der Waals surface area (Å²) in [4.78, 5) is 0. The van der Waals surface area contributed by atoms with Gasteiger partial charge in [-0.1, -0.05) is 204 Å². The summed E-state index contributed by atoms with van der Waals surface area (Å²) < 4.78 is 0. The summed E-state index contributed by atoms with van der Waals surface area (Å²) >= 11 is 0. The first kappa shape index (κ1) is 35.0. The van der Waals surface area contributed by atoms with Gasteiger partial charge in [-0.3, -0.25) is 0 Å². The number of rotatable bonds is 4. The summed E-state index contributed by atoms with van der Waals surface area (Å²) in [6.45, 7) is 9.52. The Morgan fingerprint density at radius 3 is 1.37 bits per heavy atom. The van der Waals surface area contributed by atoms with Gasteiger partial charge < -0.3 is 0 Å². The van der Waals surface area contributed by atoms with E-state index in [-0.39, 0.29) is 10.8 Å². The molecule has 0 nitrogen and oxygen atoms in total. The fourth-order valence-corrected chi connectivity index (χ4v) is 11.1. The van der Waals surface area contributed by atoms with Crippen LogP contribution >= 0.6 is 0 Å². The van der Waals surface area contributed by atoms with Crippen LogP contribution in [-0.2, 0) is 10.8 Å². The molecule has 10 aromatic rings. The van der Waals surface area contributed by atoms with E-state index in [0.717, 1.165) is 0 Å². The van der Waals surface area contributed by atoms with Crippen molar-refractivity contribution in [2.24, 2.45) is 0 Å². The lowest BCUT2D eigenvalue weighted by Crippen LogP contribution is -2.14. The Balaban J connectivity index is 1.15. The van der Waals surface area contributed by atoms with Crippen molar-refractivity contribution in [1.82, 2.24) is 0 Å². The Labute approximate surface area is 352 Å². The Bertz CT molecular complexity index is 3420. The summed E-state index contributed by atoms with van der Waals surface area (Å²) in [5, 5.41) is 7.58. The smallest absolute Gasteiger partial charge is 0.0159 e. The van der Waals surface area contributed by atoms with Gasteiger partial charge in [-0.15, -0.1) is 0 Å². The van der Waals surface area contributed by atoms with Crippen LogP contribution in [0.25, 0.3) is 99.1 Å². The highest BCUT2D eigenvalue weighted by Crippen LogP contribution is 2.53. The van der Waals surface area contributed by atoms with Crippen molar-refractivity contribution in [2.75, 3.05) is 0 Å². The molecule has 12 rings (SSSR count). The van der Waals surface area contributed by atoms with Gasteiger partial charge >= 0.3 is 0 Å². The van der Waals surface area contributed by atoms with E-state index in [4.69, 9.17) is 0 Å². The molecule has 0 heterocycles. The molecule has 0 aliphatic heterocycles. The quantitative estimate of drug-likeness (QED) is 0.157. The van der Waals surface area contributed by atoms with E-state index >= 15 is 0 Å². The first-order valence-corrected chi connectivity index (χ1v) is 21.3. The SMILES string of the molecule is CC1(C)c2ccccc2-c2ccc(-c3ccc4c(-c5ccccc5-c5cccc6ccccc56)c5ccccc5c(-c5ccc6c(c5)C(C)(C)c5ccccc5-6)c4c3)cc21. The summed E-state index contributed by atoms with van der Waals surface area (Å²) in [6, 6.07) is 73.2. The van der Waals surface area contributed by atoms with E-state index in [1.165, 1.54) is 121 Å². The normalized spacial score (nSPS) is 14.3. The van der Waals surface area contributed by atoms with Crippen LogP contribution in [0.4, 0.5) is 0 Å². The van der Waals surface area contributed by atoms with Gasteiger partial charge in [0.25, 0.3) is 0 Å². The number of hydrogen-bond acceptors (Lipinski definition) is 0. The van der Waals surface area contributed by atoms with Crippen molar-refractivity contribution in [1.29, 1.82) is 0 Å². The monoisotopic (exact) mass is 764 g/mol. The highest BCUT2D eigenvalue weighted by atomic mass is 14.4. The van der Waals surface area contributed by atoms with Crippen molar-refractivity contribution < 1.29 is 0 Å². The molecule has 60 heavy (non-hydrogen) atoms. The fraction of sp³-hybridized carbons (Fsp3) is 0.100. The fourth-order valence-electron chi connectivity index (χ4n) is 11.1. The predicted octanol–water partition coefficient (Wildman–Crippen LogP) is 16.4. The minimum atomic E-state index is -0.106. The molecular formula is C60H44. The number of hydrogen-bond donors (Lipinski definition) is 0. The van der Waals surface area contributed by atoms with Crippen molar-refractivity contribution >= 4 is 32.3 Å². The van der Waals surface area contributed by atoms with Crippen LogP contribution in [0.1, 0.15) is 49.9 Å². The third-order valence-electron chi connectivity index (χ3n) is 14.1. The van der Waals surface area contributed by atoms with Gasteiger partial charge in [0.1, 0.15) is 0 Å². The number of benzene rings is 10. The van der Waals surface area contributed by atoms with Crippen LogP contribution in [0.5, 0.6) is 0 Å². The lowest BCUT2D eigenvalue weighted by molar-refractivity contribution is 0.660. The molecular weight excluding hydrogens is 721 g/mol. The maximum absolute atomic E-state index is 2.50. The molecule has 0 aromatic heterocycles. The molecule has 0 N–H and O–H groups in total. The standard InChI is InChI=1S/C60H44/c1-59(2)53-26-13-11-20-44(53)46-31-28-39(35-55(46)59)38-29-33-51-52(34-38)57(40-30-32-47-45-21-12-14-27-54(45)60(3,4)56(47)36-40)49-23-9-10-24-50(49)58(51)48-22-8-7-19-43(48)42-25-15-17-37-16-5-6-18-41(37)42/h5-36H,1-4H3. The third-order valence-corrected chi connectivity index (χ3v) is 14.1. The van der Waals surface area contributed by atoms with Gasteiger partial charge in [0.15, 0.2) is 0 Å². The Morgan fingerprint density at radius 2 is 0.683 bits per heavy atom. The van der Waals surface area contributed by atoms with E-state index in [2.05, 4.69) is 222 Å². The van der Waals surface area contributed by atoms with E-state index in [0.29, 0.717) is 0 Å². The van der Waals surface area contributed by atoms with Crippen LogP contribution in [0.15, 0.2) is 194 Å². The summed E-state index contributed by atoms with van der Waals surface area (Å²) in [5.74, 6) is 0. The zero-order chi connectivity index (χ0) is 40.3. The summed E-state index contributed by atoms with van der Waals surface area (Å²) in [7, 11) is 0. The van der Waals surface area contributed by atoms with Gasteiger partial charge in [-0.25, -0.2) is 0 Å². The van der Waals surface area contributed by atoms with Crippen molar-refractivity contribution in [2.45, 2.75) is 38.5 Å². The van der Waals surface area contributed by atoms with Gasteiger partial charge in [-0.05, 0) is 140 Å². The third kappa shape index (κ3) is 4.91. The van der Waals surface area contributed by atoms with Crippen molar-refractivity contribution in [3.05, 3.63) is 216 Å². The maximum Gasteiger partial charge on any atom is 0.0159 e. The van der Waals surface area contributed by atoms with Crippen LogP contribution in [0, 0.1) is 0 Å². The second-order valence-electron chi connectivity index (χ2n) is 18.0. The molecule has 0 unspecified atom stereocenters. The second kappa shape index (κ2) is 12.7. The van der Waals surface area contributed by atoms with Crippen LogP contribution in [0.2, 0.25) is 0 Å². The van der Waals surface area contributed by atoms with Crippen LogP contribution < -0.4 is 0 Å². The topological polar surface area (TPSA) is 0 Å². The van der Waals surface area contributed by atoms with E-state index in [1.54, 1.807) is 0 Å². The summed E-state index contributed by atoms with van der Waals surface area (Å²) in [5.41, 5.74) is 20.8. The molecule has 0 atom stereocenters. The van der Waals surface area contributed by atoms with E-state index < -0.39 is 0 Å². The average molecular weight is 765 g/mol. The van der Waals surface area contributed by atoms with E-state index in [1.807, 2.05) is 0 Å². The molecule has 2 aliphatic rings. The van der Waals surface area contributed by atoms with Gasteiger partial charge in [0.05, 0.1) is 0 Å².